The zero-order chi connectivity index (χ0) is 23.5. The van der Waals surface area contributed by atoms with Crippen molar-refractivity contribution in [3.63, 3.8) is 0 Å². The first-order valence-electron chi connectivity index (χ1n) is 12.9. The molecule has 2 N–H and O–H groups in total. The molecule has 0 aromatic heterocycles. The zero-order valence-electron chi connectivity index (χ0n) is 20.8. The second-order valence-electron chi connectivity index (χ2n) is 10.4. The van der Waals surface area contributed by atoms with Crippen molar-refractivity contribution in [3.8, 4) is 0 Å². The van der Waals surface area contributed by atoms with Gasteiger partial charge in [-0.05, 0) is 74.8 Å². The normalized spacial score (nSPS) is 33.6. The molecule has 4 unspecified atom stereocenters. The molecule has 3 nitrogen and oxygen atoms in total. The molecular formula is C29H43NO2. The van der Waals surface area contributed by atoms with Gasteiger partial charge in [0.25, 0.3) is 0 Å². The molecule has 5 atom stereocenters. The summed E-state index contributed by atoms with van der Waals surface area (Å²) in [6.45, 7) is 10.3. The fourth-order valence-corrected chi connectivity index (χ4v) is 6.87. The standard InChI is InChI=1S/C27H37NO2.C2H6/c1-4-21(29)13-12-20-6-5-7-22-24-14-15-27(3,30)26(24,2)16-23(25(20)22)19-10-8-18(17-28)9-11-19;1-2/h8-11,17,22-24,28,30H,4-7,12-16H2,1-3H3;1-2H3/t22?,23?,24?,26?,27-;/m0./s1. The van der Waals surface area contributed by atoms with Crippen molar-refractivity contribution in [3.05, 3.63) is 46.5 Å². The lowest BCUT2D eigenvalue weighted by atomic mass is 9.52. The van der Waals surface area contributed by atoms with Gasteiger partial charge >= 0.3 is 0 Å². The number of nitrogens with one attached hydrogen (secondary N) is 1. The minimum atomic E-state index is -0.619. The smallest absolute Gasteiger partial charge is 0.132 e. The number of hydrogen-bond donors (Lipinski definition) is 2. The van der Waals surface area contributed by atoms with E-state index < -0.39 is 5.60 Å². The molecule has 3 heteroatoms. The van der Waals surface area contributed by atoms with Crippen LogP contribution >= 0.6 is 0 Å². The Hall–Kier alpha value is -1.74. The molecule has 0 aliphatic heterocycles. The van der Waals surface area contributed by atoms with E-state index in [-0.39, 0.29) is 5.41 Å². The van der Waals surface area contributed by atoms with Gasteiger partial charge in [0.1, 0.15) is 5.78 Å². The summed E-state index contributed by atoms with van der Waals surface area (Å²) in [6.07, 6.45) is 10.1. The van der Waals surface area contributed by atoms with Crippen LogP contribution in [0.15, 0.2) is 35.4 Å². The predicted molar refractivity (Wildman–Crippen MR) is 133 cm³/mol. The highest BCUT2D eigenvalue weighted by Crippen LogP contribution is 2.66. The van der Waals surface area contributed by atoms with E-state index in [0.29, 0.717) is 36.4 Å². The van der Waals surface area contributed by atoms with Crippen LogP contribution in [0.4, 0.5) is 0 Å². The molecule has 3 aliphatic carbocycles. The van der Waals surface area contributed by atoms with E-state index in [0.717, 1.165) is 37.7 Å². The van der Waals surface area contributed by atoms with Crippen LogP contribution in [0.3, 0.4) is 0 Å². The van der Waals surface area contributed by atoms with Gasteiger partial charge in [0, 0.05) is 30.4 Å². The van der Waals surface area contributed by atoms with E-state index in [1.807, 2.05) is 32.9 Å². The Bertz CT molecular complexity index is 850. The van der Waals surface area contributed by atoms with Crippen LogP contribution < -0.4 is 0 Å². The Kier molecular flexibility index (Phi) is 7.81. The zero-order valence-corrected chi connectivity index (χ0v) is 20.8. The Balaban J connectivity index is 0.00000141. The Morgan fingerprint density at radius 1 is 1.19 bits per heavy atom. The molecule has 0 radical (unpaired) electrons. The van der Waals surface area contributed by atoms with Crippen LogP contribution in [0.25, 0.3) is 0 Å². The van der Waals surface area contributed by atoms with Gasteiger partial charge in [0.2, 0.25) is 0 Å². The maximum absolute atomic E-state index is 12.1. The summed E-state index contributed by atoms with van der Waals surface area (Å²) in [7, 11) is 0. The number of fused-ring (bicyclic) bond motifs is 3. The molecule has 1 aromatic carbocycles. The van der Waals surface area contributed by atoms with Gasteiger partial charge < -0.3 is 10.5 Å². The lowest BCUT2D eigenvalue weighted by Gasteiger charge is -2.54. The lowest BCUT2D eigenvalue weighted by molar-refractivity contribution is -0.118. The molecule has 176 valence electrons. The Morgan fingerprint density at radius 2 is 1.88 bits per heavy atom. The van der Waals surface area contributed by atoms with Gasteiger partial charge in [-0.25, -0.2) is 0 Å². The Labute approximate surface area is 195 Å². The van der Waals surface area contributed by atoms with E-state index in [9.17, 15) is 9.90 Å². The van der Waals surface area contributed by atoms with Crippen molar-refractivity contribution in [2.24, 2.45) is 17.3 Å². The quantitative estimate of drug-likeness (QED) is 0.364. The molecule has 3 aliphatic rings. The van der Waals surface area contributed by atoms with Crippen LogP contribution in [-0.2, 0) is 4.79 Å². The fourth-order valence-electron chi connectivity index (χ4n) is 6.87. The second-order valence-corrected chi connectivity index (χ2v) is 10.4. The largest absolute Gasteiger partial charge is 0.390 e. The van der Waals surface area contributed by atoms with Gasteiger partial charge in [-0.3, -0.25) is 4.79 Å². The molecule has 4 rings (SSSR count). The topological polar surface area (TPSA) is 61.2 Å². The number of carbonyl (C=O) groups is 1. The number of benzene rings is 1. The number of ketones is 1. The highest BCUT2D eigenvalue weighted by Gasteiger charge is 2.60. The van der Waals surface area contributed by atoms with E-state index in [1.54, 1.807) is 5.57 Å². The Morgan fingerprint density at radius 3 is 2.50 bits per heavy atom. The number of aliphatic hydroxyl groups is 1. The van der Waals surface area contributed by atoms with Gasteiger partial charge in [0.15, 0.2) is 0 Å². The van der Waals surface area contributed by atoms with Crippen molar-refractivity contribution in [2.75, 3.05) is 0 Å². The summed E-state index contributed by atoms with van der Waals surface area (Å²) in [5, 5.41) is 18.9. The molecule has 0 amide bonds. The number of carbonyl (C=O) groups excluding carboxylic acids is 1. The summed E-state index contributed by atoms with van der Waals surface area (Å²) in [4.78, 5) is 12.1. The minimum Gasteiger partial charge on any atom is -0.390 e. The lowest BCUT2D eigenvalue weighted by Crippen LogP contribution is -2.49. The maximum Gasteiger partial charge on any atom is 0.132 e. The highest BCUT2D eigenvalue weighted by atomic mass is 16.3. The van der Waals surface area contributed by atoms with Gasteiger partial charge in [-0.1, -0.05) is 63.1 Å². The van der Waals surface area contributed by atoms with E-state index >= 15 is 0 Å². The summed E-state index contributed by atoms with van der Waals surface area (Å²) >= 11 is 0. The van der Waals surface area contributed by atoms with Gasteiger partial charge in [-0.15, -0.1) is 0 Å². The molecule has 0 bridgehead atoms. The van der Waals surface area contributed by atoms with E-state index in [2.05, 4.69) is 26.0 Å². The van der Waals surface area contributed by atoms with Crippen molar-refractivity contribution >= 4 is 12.0 Å². The maximum atomic E-state index is 12.1. The molecule has 0 spiro atoms. The third-order valence-corrected chi connectivity index (χ3v) is 8.89. The third kappa shape index (κ3) is 4.38. The number of Topliss-reactive ketones (excluding diaryl/α,β-unsaturated/α-hetero) is 1. The van der Waals surface area contributed by atoms with E-state index in [4.69, 9.17) is 5.41 Å². The first-order valence-corrected chi connectivity index (χ1v) is 12.9. The van der Waals surface area contributed by atoms with Crippen LogP contribution in [0.1, 0.15) is 109 Å². The van der Waals surface area contributed by atoms with Crippen molar-refractivity contribution in [1.82, 2.24) is 0 Å². The highest BCUT2D eigenvalue weighted by molar-refractivity contribution is 5.78. The van der Waals surface area contributed by atoms with Crippen molar-refractivity contribution in [2.45, 2.75) is 104 Å². The summed E-state index contributed by atoms with van der Waals surface area (Å²) in [6, 6.07) is 8.46. The molecule has 2 saturated carbocycles. The van der Waals surface area contributed by atoms with E-state index in [1.165, 1.54) is 30.2 Å². The third-order valence-electron chi connectivity index (χ3n) is 8.89. The number of hydrogen-bond acceptors (Lipinski definition) is 3. The van der Waals surface area contributed by atoms with Crippen molar-refractivity contribution < 1.29 is 9.90 Å². The first kappa shape index (κ1) is 24.9. The monoisotopic (exact) mass is 437 g/mol. The van der Waals surface area contributed by atoms with Crippen LogP contribution in [0, 0.1) is 22.7 Å². The van der Waals surface area contributed by atoms with Crippen LogP contribution in [-0.4, -0.2) is 22.7 Å². The predicted octanol–water partition coefficient (Wildman–Crippen LogP) is 7.22. The molecule has 1 aromatic rings. The average molecular weight is 438 g/mol. The SMILES string of the molecule is CC.CCC(=O)CCC1=C2C(c3ccc(C=N)cc3)CC3(C)C(CC[C@]3(C)O)C2CCC1. The molecule has 0 heterocycles. The number of allylic oxidation sites excluding steroid dienone is 2. The van der Waals surface area contributed by atoms with Gasteiger partial charge in [-0.2, -0.15) is 0 Å². The van der Waals surface area contributed by atoms with Crippen LogP contribution in [0.2, 0.25) is 0 Å². The van der Waals surface area contributed by atoms with Crippen molar-refractivity contribution in [1.29, 1.82) is 5.41 Å². The molecule has 0 saturated heterocycles. The second kappa shape index (κ2) is 10.0. The summed E-state index contributed by atoms with van der Waals surface area (Å²) < 4.78 is 0. The molecule has 32 heavy (non-hydrogen) atoms. The minimum absolute atomic E-state index is 0.0757. The average Bonchev–Trinajstić information content (AvgIpc) is 3.07. The fraction of sp³-hybridized carbons (Fsp3) is 0.655. The molecular weight excluding hydrogens is 394 g/mol. The first-order chi connectivity index (χ1) is 15.3. The van der Waals surface area contributed by atoms with Crippen LogP contribution in [0.5, 0.6) is 0 Å². The summed E-state index contributed by atoms with van der Waals surface area (Å²) in [5.41, 5.74) is 4.68. The van der Waals surface area contributed by atoms with Gasteiger partial charge in [0.05, 0.1) is 5.60 Å². The molecule has 2 fully saturated rings. The number of rotatable bonds is 6. The summed E-state index contributed by atoms with van der Waals surface area (Å²) in [5.74, 6) is 1.75.